The van der Waals surface area contributed by atoms with Crippen molar-refractivity contribution >= 4 is 22.9 Å². The zero-order valence-corrected chi connectivity index (χ0v) is 12.2. The van der Waals surface area contributed by atoms with Gasteiger partial charge >= 0.3 is 0 Å². The largest absolute Gasteiger partial charge is 0.393 e. The molecule has 0 amide bonds. The molecule has 1 aromatic carbocycles. The molecule has 0 radical (unpaired) electrons. The zero-order valence-electron chi connectivity index (χ0n) is 12.2. The number of hydrogen-bond acceptors (Lipinski definition) is 6. The second kappa shape index (κ2) is 7.02. The molecule has 0 atom stereocenters. The van der Waals surface area contributed by atoms with E-state index in [2.05, 4.69) is 10.5 Å². The smallest absolute Gasteiger partial charge is 0.201 e. The average Bonchev–Trinajstić information content (AvgIpc) is 2.49. The Bertz CT molecular complexity index is 653. The predicted octanol–water partition coefficient (Wildman–Crippen LogP) is 1.15. The van der Waals surface area contributed by atoms with Crippen molar-refractivity contribution in [2.45, 2.75) is 18.9 Å². The van der Waals surface area contributed by atoms with Gasteiger partial charge in [-0.15, -0.1) is 0 Å². The number of amidine groups is 1. The van der Waals surface area contributed by atoms with Crippen molar-refractivity contribution in [1.82, 2.24) is 0 Å². The Labute approximate surface area is 131 Å². The summed E-state index contributed by atoms with van der Waals surface area (Å²) in [6.07, 6.45) is 0.462. The number of anilines is 2. The normalized spacial score (nSPS) is 16.1. The summed E-state index contributed by atoms with van der Waals surface area (Å²) in [6, 6.07) is 3.67. The Balaban J connectivity index is 2.21. The van der Waals surface area contributed by atoms with Gasteiger partial charge in [0.25, 0.3) is 0 Å². The van der Waals surface area contributed by atoms with Crippen molar-refractivity contribution in [3.05, 3.63) is 23.8 Å². The van der Waals surface area contributed by atoms with Crippen LogP contribution in [0.3, 0.4) is 0 Å². The van der Waals surface area contributed by atoms with Gasteiger partial charge in [0.05, 0.1) is 11.8 Å². The van der Waals surface area contributed by atoms with Gasteiger partial charge in [-0.3, -0.25) is 10.8 Å². The minimum absolute atomic E-state index is 0.00482. The van der Waals surface area contributed by atoms with Gasteiger partial charge in [-0.25, -0.2) is 8.78 Å². The van der Waals surface area contributed by atoms with Crippen molar-refractivity contribution in [3.8, 4) is 6.07 Å². The maximum atomic E-state index is 14.2. The molecular weight excluding hydrogens is 306 g/mol. The minimum Gasteiger partial charge on any atom is -0.393 e. The Morgan fingerprint density at radius 2 is 1.96 bits per heavy atom. The molecule has 0 aromatic heterocycles. The molecule has 0 bridgehead atoms. The number of rotatable bonds is 4. The number of hydrogen-bond donors (Lipinski definition) is 4. The molecule has 1 fully saturated rings. The molecule has 1 aliphatic rings. The van der Waals surface area contributed by atoms with E-state index in [1.165, 1.54) is 0 Å². The molecule has 1 saturated heterocycles. The third kappa shape index (κ3) is 3.92. The fourth-order valence-corrected chi connectivity index (χ4v) is 2.29. The highest BCUT2D eigenvalue weighted by Crippen LogP contribution is 2.29. The van der Waals surface area contributed by atoms with Gasteiger partial charge in [-0.1, -0.05) is 0 Å². The number of hydrazone groups is 1. The zero-order chi connectivity index (χ0) is 17.0. The van der Waals surface area contributed by atoms with Crippen LogP contribution < -0.4 is 16.1 Å². The first-order valence-corrected chi connectivity index (χ1v) is 6.92. The molecule has 0 saturated carbocycles. The van der Waals surface area contributed by atoms with E-state index in [4.69, 9.17) is 16.4 Å². The van der Waals surface area contributed by atoms with Crippen LogP contribution in [0.1, 0.15) is 12.8 Å². The van der Waals surface area contributed by atoms with Gasteiger partial charge in [0, 0.05) is 25.2 Å². The highest BCUT2D eigenvalue weighted by molar-refractivity contribution is 6.45. The van der Waals surface area contributed by atoms with E-state index in [0.717, 1.165) is 12.1 Å². The SMILES string of the molecule is N#C/C(=N\Nc1cc(F)c(N2CCC(O)CC2)c(F)c1)C(=N)N. The summed E-state index contributed by atoms with van der Waals surface area (Å²) in [5.41, 5.74) is 6.87. The third-order valence-electron chi connectivity index (χ3n) is 3.46. The predicted molar refractivity (Wildman–Crippen MR) is 82.4 cm³/mol. The lowest BCUT2D eigenvalue weighted by atomic mass is 10.1. The summed E-state index contributed by atoms with van der Waals surface area (Å²) in [5.74, 6) is -2.11. The molecule has 1 aromatic rings. The van der Waals surface area contributed by atoms with E-state index in [0.29, 0.717) is 25.9 Å². The molecule has 7 nitrogen and oxygen atoms in total. The molecule has 1 aliphatic heterocycles. The van der Waals surface area contributed by atoms with Crippen LogP contribution in [-0.4, -0.2) is 35.8 Å². The van der Waals surface area contributed by atoms with Gasteiger partial charge in [0.2, 0.25) is 5.71 Å². The monoisotopic (exact) mass is 322 g/mol. The maximum Gasteiger partial charge on any atom is 0.201 e. The van der Waals surface area contributed by atoms with Crippen molar-refractivity contribution in [3.63, 3.8) is 0 Å². The summed E-state index contributed by atoms with van der Waals surface area (Å²) >= 11 is 0. The summed E-state index contributed by atoms with van der Waals surface area (Å²) in [4.78, 5) is 1.54. The number of nitrogens with zero attached hydrogens (tertiary/aromatic N) is 3. The second-order valence-corrected chi connectivity index (χ2v) is 5.10. The Kier molecular flexibility index (Phi) is 5.08. The van der Waals surface area contributed by atoms with Gasteiger partial charge < -0.3 is 15.7 Å². The van der Waals surface area contributed by atoms with Gasteiger partial charge in [0.15, 0.2) is 17.5 Å². The van der Waals surface area contributed by atoms with Gasteiger partial charge in [-0.2, -0.15) is 10.4 Å². The quantitative estimate of drug-likeness (QED) is 0.376. The van der Waals surface area contributed by atoms with E-state index in [9.17, 15) is 13.9 Å². The summed E-state index contributed by atoms with van der Waals surface area (Å²) in [5, 5.41) is 28.8. The van der Waals surface area contributed by atoms with Crippen LogP contribution in [0.25, 0.3) is 0 Å². The first-order valence-electron chi connectivity index (χ1n) is 6.92. The third-order valence-corrected chi connectivity index (χ3v) is 3.46. The van der Waals surface area contributed by atoms with Crippen molar-refractivity contribution in [2.75, 3.05) is 23.4 Å². The average molecular weight is 322 g/mol. The topological polar surface area (TPSA) is 122 Å². The lowest BCUT2D eigenvalue weighted by Gasteiger charge is -2.32. The standard InChI is InChI=1S/C14H16F2N6O/c15-10-5-8(20-21-12(7-17)14(18)19)6-11(16)13(10)22-3-1-9(23)2-4-22/h5-6,9,20,23H,1-4H2,(H3,18,19)/b21-12+. The number of piperidine rings is 1. The first kappa shape index (κ1) is 16.6. The fraction of sp³-hybridized carbons (Fsp3) is 0.357. The number of halogens is 2. The first-order chi connectivity index (χ1) is 10.9. The molecule has 0 aliphatic carbocycles. The summed E-state index contributed by atoms with van der Waals surface area (Å²) in [6.45, 7) is 0.728. The van der Waals surface area contributed by atoms with Crippen LogP contribution in [-0.2, 0) is 0 Å². The van der Waals surface area contributed by atoms with Crippen molar-refractivity contribution in [1.29, 1.82) is 10.7 Å². The Morgan fingerprint density at radius 1 is 1.39 bits per heavy atom. The van der Waals surface area contributed by atoms with Crippen LogP contribution in [0.5, 0.6) is 0 Å². The molecule has 2 rings (SSSR count). The molecule has 23 heavy (non-hydrogen) atoms. The lowest BCUT2D eigenvalue weighted by Crippen LogP contribution is -2.36. The highest BCUT2D eigenvalue weighted by atomic mass is 19.1. The molecule has 0 spiro atoms. The molecule has 9 heteroatoms. The molecule has 1 heterocycles. The van der Waals surface area contributed by atoms with Crippen molar-refractivity contribution < 1.29 is 13.9 Å². The minimum atomic E-state index is -0.777. The molecule has 122 valence electrons. The second-order valence-electron chi connectivity index (χ2n) is 5.10. The van der Waals surface area contributed by atoms with Gasteiger partial charge in [0.1, 0.15) is 11.8 Å². The Morgan fingerprint density at radius 3 is 2.43 bits per heavy atom. The Hall–Kier alpha value is -2.73. The molecule has 5 N–H and O–H groups in total. The van der Waals surface area contributed by atoms with E-state index >= 15 is 0 Å². The van der Waals surface area contributed by atoms with E-state index in [1.54, 1.807) is 11.0 Å². The van der Waals surface area contributed by atoms with E-state index < -0.39 is 23.6 Å². The lowest BCUT2D eigenvalue weighted by molar-refractivity contribution is 0.145. The molecular formula is C14H16F2N6O. The number of nitrogens with two attached hydrogens (primary N) is 1. The van der Waals surface area contributed by atoms with Crippen LogP contribution in [0.15, 0.2) is 17.2 Å². The highest BCUT2D eigenvalue weighted by Gasteiger charge is 2.23. The van der Waals surface area contributed by atoms with Gasteiger partial charge in [-0.05, 0) is 12.8 Å². The van der Waals surface area contributed by atoms with Crippen LogP contribution in [0.4, 0.5) is 20.2 Å². The molecule has 0 unspecified atom stereocenters. The van der Waals surface area contributed by atoms with Crippen LogP contribution >= 0.6 is 0 Å². The number of aliphatic hydroxyl groups is 1. The van der Waals surface area contributed by atoms with E-state index in [1.807, 2.05) is 0 Å². The number of nitriles is 1. The van der Waals surface area contributed by atoms with E-state index in [-0.39, 0.29) is 17.1 Å². The maximum absolute atomic E-state index is 14.2. The fourth-order valence-electron chi connectivity index (χ4n) is 2.29. The van der Waals surface area contributed by atoms with Crippen molar-refractivity contribution in [2.24, 2.45) is 10.8 Å². The number of nitrogens with one attached hydrogen (secondary N) is 2. The van der Waals surface area contributed by atoms with Crippen LogP contribution in [0, 0.1) is 28.4 Å². The van der Waals surface area contributed by atoms with Crippen LogP contribution in [0.2, 0.25) is 0 Å². The summed E-state index contributed by atoms with van der Waals surface area (Å²) in [7, 11) is 0. The number of aliphatic hydroxyl groups excluding tert-OH is 1. The summed E-state index contributed by atoms with van der Waals surface area (Å²) < 4.78 is 28.4. The number of benzene rings is 1.